The molecule has 3 heteroatoms. The summed E-state index contributed by atoms with van der Waals surface area (Å²) < 4.78 is 1.08. The number of halogens is 1. The van der Waals surface area contributed by atoms with Gasteiger partial charge in [0.15, 0.2) is 0 Å². The first-order chi connectivity index (χ1) is 6.22. The highest BCUT2D eigenvalue weighted by atomic mass is 127. The normalized spacial score (nSPS) is 8.46. The molecule has 0 unspecified atom stereocenters. The maximum absolute atomic E-state index is 11.0. The van der Waals surface area contributed by atoms with Crippen LogP contribution in [-0.4, -0.2) is 5.91 Å². The average Bonchev–Trinajstić information content (AvgIpc) is 2.04. The molecule has 0 aliphatic heterocycles. The van der Waals surface area contributed by atoms with Gasteiger partial charge in [-0.2, -0.15) is 0 Å². The molecule has 0 radical (unpaired) electrons. The second-order valence-corrected chi connectivity index (χ2v) is 3.59. The van der Waals surface area contributed by atoms with Gasteiger partial charge in [-0.25, -0.2) is 0 Å². The van der Waals surface area contributed by atoms with E-state index in [0.29, 0.717) is 0 Å². The van der Waals surface area contributed by atoms with Crippen LogP contribution in [0.3, 0.4) is 0 Å². The Hall–Kier alpha value is -1.02. The van der Waals surface area contributed by atoms with E-state index in [9.17, 15) is 4.79 Å². The van der Waals surface area contributed by atoms with Crippen molar-refractivity contribution in [2.75, 3.05) is 5.32 Å². The molecule has 0 aromatic heterocycles. The van der Waals surface area contributed by atoms with Crippen LogP contribution in [0.25, 0.3) is 0 Å². The minimum absolute atomic E-state index is 0.274. The van der Waals surface area contributed by atoms with Crippen molar-refractivity contribution in [2.24, 2.45) is 0 Å². The molecule has 13 heavy (non-hydrogen) atoms. The third kappa shape index (κ3) is 3.47. The Labute approximate surface area is 90.9 Å². The van der Waals surface area contributed by atoms with Crippen LogP contribution in [0.15, 0.2) is 24.3 Å². The Balaban J connectivity index is 2.73. The molecule has 1 N–H and O–H groups in total. The first-order valence-electron chi connectivity index (χ1n) is 3.71. The van der Waals surface area contributed by atoms with Gasteiger partial charge in [-0.1, -0.05) is 12.0 Å². The molecule has 0 bridgehead atoms. The molecule has 0 aliphatic carbocycles. The fourth-order valence-corrected chi connectivity index (χ4v) is 1.39. The summed E-state index contributed by atoms with van der Waals surface area (Å²) >= 11 is 2.19. The topological polar surface area (TPSA) is 29.1 Å². The van der Waals surface area contributed by atoms with Crippen molar-refractivity contribution in [3.63, 3.8) is 0 Å². The third-order valence-electron chi connectivity index (χ3n) is 1.32. The molecule has 0 atom stereocenters. The number of carbonyl (C=O) groups excluding carboxylic acids is 1. The Kier molecular flexibility index (Phi) is 3.77. The van der Waals surface area contributed by atoms with Gasteiger partial charge in [0, 0.05) is 9.26 Å². The SMILES string of the molecule is CC#CC(=O)Nc1cccc(I)c1. The molecule has 2 nitrogen and oxygen atoms in total. The van der Waals surface area contributed by atoms with Crippen molar-refractivity contribution in [2.45, 2.75) is 6.92 Å². The molecule has 0 aliphatic rings. The van der Waals surface area contributed by atoms with Crippen molar-refractivity contribution in [3.8, 4) is 11.8 Å². The largest absolute Gasteiger partial charge is 0.315 e. The fraction of sp³-hybridized carbons (Fsp3) is 0.100. The number of hydrogen-bond acceptors (Lipinski definition) is 1. The maximum atomic E-state index is 11.0. The van der Waals surface area contributed by atoms with Crippen LogP contribution in [0.2, 0.25) is 0 Å². The molecule has 0 fully saturated rings. The van der Waals surface area contributed by atoms with Gasteiger partial charge in [-0.05, 0) is 53.6 Å². The summed E-state index contributed by atoms with van der Waals surface area (Å²) in [5, 5.41) is 2.67. The van der Waals surface area contributed by atoms with Crippen LogP contribution in [0.1, 0.15) is 6.92 Å². The van der Waals surface area contributed by atoms with Gasteiger partial charge in [0.25, 0.3) is 5.91 Å². The minimum Gasteiger partial charge on any atom is -0.315 e. The smallest absolute Gasteiger partial charge is 0.300 e. The summed E-state index contributed by atoms with van der Waals surface area (Å²) in [6, 6.07) is 7.56. The van der Waals surface area contributed by atoms with E-state index < -0.39 is 0 Å². The Morgan fingerprint density at radius 3 is 2.92 bits per heavy atom. The molecule has 0 spiro atoms. The molecule has 1 amide bonds. The van der Waals surface area contributed by atoms with Crippen molar-refractivity contribution >= 4 is 34.2 Å². The fourth-order valence-electron chi connectivity index (χ4n) is 0.842. The van der Waals surface area contributed by atoms with Crippen molar-refractivity contribution in [1.82, 2.24) is 0 Å². The van der Waals surface area contributed by atoms with Gasteiger partial charge in [0.05, 0.1) is 0 Å². The lowest BCUT2D eigenvalue weighted by atomic mass is 10.3. The molecule has 1 aromatic rings. The highest BCUT2D eigenvalue weighted by molar-refractivity contribution is 14.1. The Morgan fingerprint density at radius 1 is 1.54 bits per heavy atom. The van der Waals surface area contributed by atoms with E-state index in [0.717, 1.165) is 9.26 Å². The van der Waals surface area contributed by atoms with Crippen molar-refractivity contribution in [3.05, 3.63) is 27.8 Å². The molecular weight excluding hydrogens is 277 g/mol. The van der Waals surface area contributed by atoms with Crippen LogP contribution in [0.5, 0.6) is 0 Å². The Morgan fingerprint density at radius 2 is 2.31 bits per heavy atom. The van der Waals surface area contributed by atoms with Gasteiger partial charge >= 0.3 is 0 Å². The minimum atomic E-state index is -0.274. The monoisotopic (exact) mass is 285 g/mol. The third-order valence-corrected chi connectivity index (χ3v) is 1.99. The number of amides is 1. The van der Waals surface area contributed by atoms with Gasteiger partial charge in [-0.3, -0.25) is 4.79 Å². The summed E-state index contributed by atoms with van der Waals surface area (Å²) in [5.74, 6) is 4.68. The quantitative estimate of drug-likeness (QED) is 0.622. The molecule has 0 saturated carbocycles. The number of hydrogen-bond donors (Lipinski definition) is 1. The summed E-state index contributed by atoms with van der Waals surface area (Å²) in [5.41, 5.74) is 0.777. The highest BCUT2D eigenvalue weighted by Gasteiger charge is 1.96. The van der Waals surface area contributed by atoms with E-state index >= 15 is 0 Å². The predicted molar refractivity (Wildman–Crippen MR) is 61.2 cm³/mol. The number of anilines is 1. The van der Waals surface area contributed by atoms with Crippen molar-refractivity contribution in [1.29, 1.82) is 0 Å². The standard InChI is InChI=1S/C10H8INO/c1-2-4-10(13)12-9-6-3-5-8(11)7-9/h3,5-7H,1H3,(H,12,13). The average molecular weight is 285 g/mol. The second-order valence-electron chi connectivity index (χ2n) is 2.34. The number of rotatable bonds is 1. The first-order valence-corrected chi connectivity index (χ1v) is 4.79. The number of benzene rings is 1. The lowest BCUT2D eigenvalue weighted by Gasteiger charge is -2.00. The van der Waals surface area contributed by atoms with Gasteiger partial charge in [-0.15, -0.1) is 0 Å². The van der Waals surface area contributed by atoms with Crippen LogP contribution >= 0.6 is 22.6 Å². The zero-order valence-electron chi connectivity index (χ0n) is 7.10. The van der Waals surface area contributed by atoms with Crippen LogP contribution in [0.4, 0.5) is 5.69 Å². The molecule has 66 valence electrons. The molecule has 1 rings (SSSR count). The predicted octanol–water partition coefficient (Wildman–Crippen LogP) is 2.25. The van der Waals surface area contributed by atoms with Crippen LogP contribution in [-0.2, 0) is 4.79 Å². The molecule has 1 aromatic carbocycles. The van der Waals surface area contributed by atoms with E-state index in [1.807, 2.05) is 24.3 Å². The van der Waals surface area contributed by atoms with E-state index in [4.69, 9.17) is 0 Å². The zero-order valence-corrected chi connectivity index (χ0v) is 9.25. The number of carbonyl (C=O) groups is 1. The summed E-state index contributed by atoms with van der Waals surface area (Å²) in [6.45, 7) is 1.63. The van der Waals surface area contributed by atoms with E-state index in [-0.39, 0.29) is 5.91 Å². The van der Waals surface area contributed by atoms with E-state index in [1.54, 1.807) is 6.92 Å². The molecule has 0 saturated heterocycles. The van der Waals surface area contributed by atoms with Crippen molar-refractivity contribution < 1.29 is 4.79 Å². The first kappa shape index (κ1) is 10.1. The summed E-state index contributed by atoms with van der Waals surface area (Å²) in [6.07, 6.45) is 0. The molecule has 0 heterocycles. The van der Waals surface area contributed by atoms with Gasteiger partial charge < -0.3 is 5.32 Å². The van der Waals surface area contributed by atoms with Gasteiger partial charge in [0.2, 0.25) is 0 Å². The van der Waals surface area contributed by atoms with Gasteiger partial charge in [0.1, 0.15) is 0 Å². The Bertz CT molecular complexity index is 376. The lowest BCUT2D eigenvalue weighted by molar-refractivity contribution is -0.111. The number of nitrogens with one attached hydrogen (secondary N) is 1. The second kappa shape index (κ2) is 4.87. The van der Waals surface area contributed by atoms with Crippen LogP contribution in [0, 0.1) is 15.4 Å². The maximum Gasteiger partial charge on any atom is 0.300 e. The highest BCUT2D eigenvalue weighted by Crippen LogP contribution is 2.11. The molecular formula is C10H8INO. The zero-order chi connectivity index (χ0) is 9.68. The van der Waals surface area contributed by atoms with Crippen LogP contribution < -0.4 is 5.32 Å². The lowest BCUT2D eigenvalue weighted by Crippen LogP contribution is -2.08. The summed E-state index contributed by atoms with van der Waals surface area (Å²) in [4.78, 5) is 11.0. The summed E-state index contributed by atoms with van der Waals surface area (Å²) in [7, 11) is 0. The van der Waals surface area contributed by atoms with E-state index in [1.165, 1.54) is 0 Å². The van der Waals surface area contributed by atoms with E-state index in [2.05, 4.69) is 39.7 Å².